The lowest BCUT2D eigenvalue weighted by Crippen LogP contribution is -2.38. The van der Waals surface area contributed by atoms with Gasteiger partial charge in [0.05, 0.1) is 23.6 Å². The molecule has 1 atom stereocenters. The molecule has 2 saturated carbocycles. The average molecular weight is 657 g/mol. The van der Waals surface area contributed by atoms with Gasteiger partial charge < -0.3 is 21.1 Å². The van der Waals surface area contributed by atoms with Gasteiger partial charge in [0.15, 0.2) is 0 Å². The Morgan fingerprint density at radius 3 is 2.13 bits per heavy atom. The van der Waals surface area contributed by atoms with E-state index in [1.165, 1.54) is 50.3 Å². The van der Waals surface area contributed by atoms with Crippen molar-refractivity contribution < 1.29 is 42.3 Å². The lowest BCUT2D eigenvalue weighted by Gasteiger charge is -2.38. The molecule has 0 saturated heterocycles. The molecule has 0 bridgehead atoms. The SMILES string of the molecule is O=C(O)CCNC(=O)c1ccc(C(NC(=O)Nc2ccc3c(c2)C(=O)N(CC(F)(F)F)C3=O)C2CCC(C3CCCCC3)CC2)cc1. The summed E-state index contributed by atoms with van der Waals surface area (Å²) >= 11 is 0. The number of nitrogens with zero attached hydrogens (tertiary/aromatic N) is 1. The number of carboxylic acid groups (broad SMARTS) is 1. The molecule has 2 aliphatic carbocycles. The molecule has 5 amide bonds. The van der Waals surface area contributed by atoms with Crippen LogP contribution in [-0.2, 0) is 4.79 Å². The molecule has 1 aliphatic heterocycles. The van der Waals surface area contributed by atoms with Gasteiger partial charge in [0, 0.05) is 17.8 Å². The lowest BCUT2D eigenvalue weighted by atomic mass is 9.69. The van der Waals surface area contributed by atoms with E-state index in [0.717, 1.165) is 37.2 Å². The van der Waals surface area contributed by atoms with Gasteiger partial charge in [-0.15, -0.1) is 0 Å². The van der Waals surface area contributed by atoms with Gasteiger partial charge in [0.25, 0.3) is 17.7 Å². The molecule has 3 aliphatic rings. The largest absolute Gasteiger partial charge is 0.481 e. The third kappa shape index (κ3) is 8.49. The summed E-state index contributed by atoms with van der Waals surface area (Å²) in [5, 5.41) is 17.1. The first-order valence-electron chi connectivity index (χ1n) is 16.1. The molecule has 0 aromatic heterocycles. The molecule has 0 spiro atoms. The highest BCUT2D eigenvalue weighted by atomic mass is 19.4. The van der Waals surface area contributed by atoms with Crippen LogP contribution in [0.25, 0.3) is 0 Å². The molecule has 0 radical (unpaired) electrons. The Balaban J connectivity index is 1.29. The second kappa shape index (κ2) is 14.6. The standard InChI is InChI=1S/C34H39F3N4O6/c35-34(36,37)19-41-31(45)26-15-14-25(18-27(26)32(41)46)39-33(47)40-29(22-8-6-21(7-9-22)20-4-2-1-3-5-20)23-10-12-24(13-11-23)30(44)38-17-16-28(42)43/h10-15,18,20-22,29H,1-9,16-17,19H2,(H,38,44)(H,42,43)(H2,39,40,47). The molecule has 5 rings (SSSR count). The summed E-state index contributed by atoms with van der Waals surface area (Å²) < 4.78 is 38.8. The van der Waals surface area contributed by atoms with Crippen molar-refractivity contribution in [2.45, 2.75) is 76.4 Å². The van der Waals surface area contributed by atoms with Gasteiger partial charge in [-0.05, 0) is 79.3 Å². The predicted octanol–water partition coefficient (Wildman–Crippen LogP) is 6.30. The molecular weight excluding hydrogens is 617 g/mol. The van der Waals surface area contributed by atoms with Gasteiger partial charge in [-0.1, -0.05) is 44.2 Å². The van der Waals surface area contributed by atoms with Crippen LogP contribution in [0.2, 0.25) is 0 Å². The van der Waals surface area contributed by atoms with E-state index in [-0.39, 0.29) is 40.6 Å². The van der Waals surface area contributed by atoms with Crippen molar-refractivity contribution >= 4 is 35.4 Å². The summed E-state index contributed by atoms with van der Waals surface area (Å²) in [6, 6.07) is 9.55. The number of urea groups is 1. The van der Waals surface area contributed by atoms with Crippen molar-refractivity contribution in [2.24, 2.45) is 17.8 Å². The molecule has 13 heteroatoms. The number of rotatable bonds is 10. The Labute approximate surface area is 270 Å². The zero-order valence-corrected chi connectivity index (χ0v) is 25.9. The van der Waals surface area contributed by atoms with Crippen molar-refractivity contribution in [3.63, 3.8) is 0 Å². The van der Waals surface area contributed by atoms with Gasteiger partial charge in [-0.2, -0.15) is 13.2 Å². The number of fused-ring (bicyclic) bond motifs is 1. The minimum absolute atomic E-state index is 0.00663. The number of carbonyl (C=O) groups excluding carboxylic acids is 4. The predicted molar refractivity (Wildman–Crippen MR) is 166 cm³/mol. The van der Waals surface area contributed by atoms with Crippen molar-refractivity contribution in [1.82, 2.24) is 15.5 Å². The lowest BCUT2D eigenvalue weighted by molar-refractivity contribution is -0.137. The van der Waals surface area contributed by atoms with E-state index in [9.17, 15) is 37.1 Å². The summed E-state index contributed by atoms with van der Waals surface area (Å²) in [5.41, 5.74) is 0.891. The van der Waals surface area contributed by atoms with Crippen LogP contribution in [0.5, 0.6) is 0 Å². The van der Waals surface area contributed by atoms with Crippen LogP contribution in [0, 0.1) is 17.8 Å². The van der Waals surface area contributed by atoms with Crippen LogP contribution in [0.4, 0.5) is 23.7 Å². The normalized spacial score (nSPS) is 20.8. The van der Waals surface area contributed by atoms with Crippen LogP contribution in [0.15, 0.2) is 42.5 Å². The fourth-order valence-corrected chi connectivity index (χ4v) is 7.26. The molecule has 2 aromatic rings. The molecule has 47 heavy (non-hydrogen) atoms. The Morgan fingerprint density at radius 2 is 1.49 bits per heavy atom. The van der Waals surface area contributed by atoms with Crippen molar-refractivity contribution in [3.8, 4) is 0 Å². The summed E-state index contributed by atoms with van der Waals surface area (Å²) in [5.74, 6) is -2.06. The van der Waals surface area contributed by atoms with E-state index in [1.807, 2.05) is 0 Å². The van der Waals surface area contributed by atoms with Crippen LogP contribution < -0.4 is 16.0 Å². The maximum atomic E-state index is 13.4. The number of carbonyl (C=O) groups is 5. The Hall–Kier alpha value is -4.42. The van der Waals surface area contributed by atoms with Crippen LogP contribution in [0.1, 0.15) is 107 Å². The molecule has 1 unspecified atom stereocenters. The van der Waals surface area contributed by atoms with E-state index < -0.39 is 48.5 Å². The topological polar surface area (TPSA) is 145 Å². The van der Waals surface area contributed by atoms with Crippen molar-refractivity contribution in [2.75, 3.05) is 18.4 Å². The molecule has 2 fully saturated rings. The van der Waals surface area contributed by atoms with Gasteiger partial charge in [0.1, 0.15) is 6.54 Å². The number of amides is 5. The van der Waals surface area contributed by atoms with Crippen molar-refractivity contribution in [3.05, 3.63) is 64.7 Å². The number of hydrogen-bond acceptors (Lipinski definition) is 5. The van der Waals surface area contributed by atoms with Gasteiger partial charge in [-0.3, -0.25) is 24.1 Å². The quantitative estimate of drug-likeness (QED) is 0.221. The number of carboxylic acids is 1. The highest BCUT2D eigenvalue weighted by molar-refractivity contribution is 6.22. The number of aliphatic carboxylic acids is 1. The van der Waals surface area contributed by atoms with E-state index in [0.29, 0.717) is 11.5 Å². The number of nitrogens with one attached hydrogen (secondary N) is 3. The fourth-order valence-electron chi connectivity index (χ4n) is 7.26. The number of benzene rings is 2. The second-order valence-corrected chi connectivity index (χ2v) is 12.7. The van der Waals surface area contributed by atoms with Crippen LogP contribution in [0.3, 0.4) is 0 Å². The highest BCUT2D eigenvalue weighted by Crippen LogP contribution is 2.43. The van der Waals surface area contributed by atoms with Crippen LogP contribution >= 0.6 is 0 Å². The highest BCUT2D eigenvalue weighted by Gasteiger charge is 2.43. The minimum Gasteiger partial charge on any atom is -0.481 e. The van der Waals surface area contributed by atoms with E-state index >= 15 is 0 Å². The number of alkyl halides is 3. The Kier molecular flexibility index (Phi) is 10.5. The Morgan fingerprint density at radius 1 is 0.851 bits per heavy atom. The summed E-state index contributed by atoms with van der Waals surface area (Å²) in [4.78, 5) is 61.8. The molecule has 4 N–H and O–H groups in total. The first kappa shape index (κ1) is 33.9. The van der Waals surface area contributed by atoms with E-state index in [1.54, 1.807) is 24.3 Å². The number of anilines is 1. The molecule has 10 nitrogen and oxygen atoms in total. The van der Waals surface area contributed by atoms with Gasteiger partial charge in [0.2, 0.25) is 0 Å². The van der Waals surface area contributed by atoms with Crippen LogP contribution in [-0.4, -0.2) is 59.0 Å². The monoisotopic (exact) mass is 656 g/mol. The average Bonchev–Trinajstić information content (AvgIpc) is 3.27. The van der Waals surface area contributed by atoms with Gasteiger partial charge in [-0.25, -0.2) is 4.79 Å². The first-order valence-corrected chi connectivity index (χ1v) is 16.1. The van der Waals surface area contributed by atoms with Crippen molar-refractivity contribution in [1.29, 1.82) is 0 Å². The van der Waals surface area contributed by atoms with E-state index in [4.69, 9.17) is 5.11 Å². The third-order valence-electron chi connectivity index (χ3n) is 9.61. The zero-order valence-electron chi connectivity index (χ0n) is 25.9. The maximum absolute atomic E-state index is 13.4. The zero-order chi connectivity index (χ0) is 33.7. The summed E-state index contributed by atoms with van der Waals surface area (Å²) in [6.07, 6.45) is 5.31. The number of halogens is 3. The first-order chi connectivity index (χ1) is 22.4. The third-order valence-corrected chi connectivity index (χ3v) is 9.61. The molecule has 252 valence electrons. The maximum Gasteiger partial charge on any atom is 0.406 e. The Bertz CT molecular complexity index is 1500. The minimum atomic E-state index is -4.75. The van der Waals surface area contributed by atoms with E-state index in [2.05, 4.69) is 16.0 Å². The number of imide groups is 1. The summed E-state index contributed by atoms with van der Waals surface area (Å²) in [7, 11) is 0. The molecular formula is C34H39F3N4O6. The molecule has 2 aromatic carbocycles. The second-order valence-electron chi connectivity index (χ2n) is 12.7. The fraction of sp³-hybridized carbons (Fsp3) is 0.500. The molecule has 1 heterocycles. The number of hydrogen-bond donors (Lipinski definition) is 4. The van der Waals surface area contributed by atoms with Gasteiger partial charge >= 0.3 is 18.2 Å². The summed E-state index contributed by atoms with van der Waals surface area (Å²) in [6.45, 7) is -1.70. The smallest absolute Gasteiger partial charge is 0.406 e.